The highest BCUT2D eigenvalue weighted by Gasteiger charge is 2.24. The minimum absolute atomic E-state index is 0.861. The molecule has 0 aliphatic rings. The molecule has 51 heavy (non-hydrogen) atoms. The van der Waals surface area contributed by atoms with Crippen LogP contribution in [0.1, 0.15) is 0 Å². The Hall–Kier alpha value is -6.84. The predicted octanol–water partition coefficient (Wildman–Crippen LogP) is 14.1. The first-order valence-corrected chi connectivity index (χ1v) is 17.3. The average molecular weight is 652 g/mol. The van der Waals surface area contributed by atoms with Gasteiger partial charge < -0.3 is 13.7 Å². The zero-order chi connectivity index (χ0) is 33.5. The van der Waals surface area contributed by atoms with E-state index in [1.54, 1.807) is 0 Å². The van der Waals surface area contributed by atoms with Crippen LogP contribution in [-0.2, 0) is 0 Å². The lowest BCUT2D eigenvalue weighted by molar-refractivity contribution is 0.669. The van der Waals surface area contributed by atoms with Gasteiger partial charge in [-0.25, -0.2) is 0 Å². The van der Waals surface area contributed by atoms with Crippen molar-refractivity contribution in [2.24, 2.45) is 0 Å². The molecule has 3 heteroatoms. The molecule has 0 unspecified atom stereocenters. The molecule has 2 heterocycles. The van der Waals surface area contributed by atoms with Gasteiger partial charge in [-0.3, -0.25) is 0 Å². The van der Waals surface area contributed by atoms with Crippen molar-refractivity contribution < 1.29 is 8.83 Å². The molecule has 0 aliphatic carbocycles. The van der Waals surface area contributed by atoms with E-state index in [4.69, 9.17) is 8.83 Å². The Bertz CT molecular complexity index is 3160. The van der Waals surface area contributed by atoms with E-state index >= 15 is 0 Å². The summed E-state index contributed by atoms with van der Waals surface area (Å²) in [5.74, 6) is 0. The maximum atomic E-state index is 6.70. The van der Waals surface area contributed by atoms with Gasteiger partial charge in [0.15, 0.2) is 0 Å². The number of para-hydroxylation sites is 1. The second-order valence-corrected chi connectivity index (χ2v) is 13.3. The van der Waals surface area contributed by atoms with Gasteiger partial charge in [0.05, 0.1) is 22.4 Å². The van der Waals surface area contributed by atoms with Gasteiger partial charge in [-0.05, 0) is 81.7 Å². The van der Waals surface area contributed by atoms with Crippen molar-refractivity contribution in [2.75, 3.05) is 4.90 Å². The molecule has 0 spiro atoms. The minimum Gasteiger partial charge on any atom is -0.456 e. The molecule has 0 atom stereocenters. The molecule has 0 saturated carbocycles. The van der Waals surface area contributed by atoms with Crippen molar-refractivity contribution in [3.8, 4) is 11.1 Å². The van der Waals surface area contributed by atoms with E-state index < -0.39 is 0 Å². The maximum absolute atomic E-state index is 6.70. The first-order valence-electron chi connectivity index (χ1n) is 17.3. The summed E-state index contributed by atoms with van der Waals surface area (Å²) < 4.78 is 13.1. The predicted molar refractivity (Wildman–Crippen MR) is 214 cm³/mol. The second-order valence-electron chi connectivity index (χ2n) is 13.3. The molecule has 2 aromatic heterocycles. The molecule has 9 aromatic carbocycles. The standard InChI is InChI=1S/C48H29NO2/c1-2-14-33-29-46-40(27-32(33)13-1)39-28-34(24-26-44(39)50-46)36-17-7-8-19-41(36)49(42-20-9-15-30-11-3-5-16-35(30)42)43-21-10-22-45-47(43)38-25-23-31-12-4-6-18-37(31)48(38)51-45/h1-29H. The van der Waals surface area contributed by atoms with Crippen LogP contribution in [0.15, 0.2) is 185 Å². The summed E-state index contributed by atoms with van der Waals surface area (Å²) in [7, 11) is 0. The normalized spacial score (nSPS) is 11.9. The molecular weight excluding hydrogens is 623 g/mol. The molecule has 3 nitrogen and oxygen atoms in total. The van der Waals surface area contributed by atoms with Crippen LogP contribution >= 0.6 is 0 Å². The first kappa shape index (κ1) is 28.0. The van der Waals surface area contributed by atoms with E-state index in [0.717, 1.165) is 82.8 Å². The number of anilines is 3. The summed E-state index contributed by atoms with van der Waals surface area (Å²) in [5.41, 5.74) is 9.04. The number of benzene rings is 9. The fourth-order valence-electron chi connectivity index (χ4n) is 8.06. The molecule has 0 saturated heterocycles. The number of hydrogen-bond acceptors (Lipinski definition) is 3. The Balaban J connectivity index is 1.20. The van der Waals surface area contributed by atoms with E-state index in [1.165, 1.54) is 21.5 Å². The number of hydrogen-bond donors (Lipinski definition) is 0. The Kier molecular flexibility index (Phi) is 5.96. The average Bonchev–Trinajstić information content (AvgIpc) is 3.75. The number of rotatable bonds is 4. The van der Waals surface area contributed by atoms with Gasteiger partial charge in [0, 0.05) is 32.5 Å². The molecule has 238 valence electrons. The van der Waals surface area contributed by atoms with Crippen molar-refractivity contribution >= 4 is 93.3 Å². The maximum Gasteiger partial charge on any atom is 0.143 e. The van der Waals surface area contributed by atoms with Crippen molar-refractivity contribution in [1.82, 2.24) is 0 Å². The Morgan fingerprint density at radius 3 is 1.86 bits per heavy atom. The van der Waals surface area contributed by atoms with E-state index in [2.05, 4.69) is 181 Å². The molecular formula is C48H29NO2. The van der Waals surface area contributed by atoms with Crippen molar-refractivity contribution in [1.29, 1.82) is 0 Å². The summed E-state index contributed by atoms with van der Waals surface area (Å²) >= 11 is 0. The van der Waals surface area contributed by atoms with E-state index in [0.29, 0.717) is 0 Å². The summed E-state index contributed by atoms with van der Waals surface area (Å²) in [5, 5.41) is 11.4. The van der Waals surface area contributed by atoms with Crippen LogP contribution in [0, 0.1) is 0 Å². The van der Waals surface area contributed by atoms with Gasteiger partial charge in [-0.2, -0.15) is 0 Å². The smallest absolute Gasteiger partial charge is 0.143 e. The lowest BCUT2D eigenvalue weighted by atomic mass is 9.97. The lowest BCUT2D eigenvalue weighted by Crippen LogP contribution is -2.12. The van der Waals surface area contributed by atoms with E-state index in [-0.39, 0.29) is 0 Å². The molecule has 0 radical (unpaired) electrons. The summed E-state index contributed by atoms with van der Waals surface area (Å²) in [6.45, 7) is 0. The molecule has 0 aliphatic heterocycles. The van der Waals surface area contributed by atoms with Gasteiger partial charge in [0.2, 0.25) is 0 Å². The highest BCUT2D eigenvalue weighted by Crippen LogP contribution is 2.48. The number of nitrogens with zero attached hydrogens (tertiary/aromatic N) is 1. The second kappa shape index (κ2) is 10.8. The van der Waals surface area contributed by atoms with Gasteiger partial charge >= 0.3 is 0 Å². The van der Waals surface area contributed by atoms with Gasteiger partial charge in [0.1, 0.15) is 22.3 Å². The molecule has 11 aromatic rings. The van der Waals surface area contributed by atoms with Crippen LogP contribution in [0.5, 0.6) is 0 Å². The number of furan rings is 2. The first-order chi connectivity index (χ1) is 25.3. The van der Waals surface area contributed by atoms with Crippen LogP contribution in [0.25, 0.3) is 87.3 Å². The SMILES string of the molecule is c1ccc(N(c2cccc3ccccc23)c2cccc3oc4c5ccccc5ccc4c23)c(-c2ccc3oc4cc5ccccc5cc4c3c2)c1. The third-order valence-electron chi connectivity index (χ3n) is 10.4. The fraction of sp³-hybridized carbons (Fsp3) is 0. The third-order valence-corrected chi connectivity index (χ3v) is 10.4. The quantitative estimate of drug-likeness (QED) is 0.190. The van der Waals surface area contributed by atoms with Gasteiger partial charge in [-0.15, -0.1) is 0 Å². The summed E-state index contributed by atoms with van der Waals surface area (Å²) in [4.78, 5) is 2.43. The van der Waals surface area contributed by atoms with Crippen LogP contribution in [0.3, 0.4) is 0 Å². The van der Waals surface area contributed by atoms with Crippen LogP contribution in [-0.4, -0.2) is 0 Å². The van der Waals surface area contributed by atoms with Crippen LogP contribution in [0.2, 0.25) is 0 Å². The van der Waals surface area contributed by atoms with E-state index in [1.807, 2.05) is 0 Å². The molecule has 0 bridgehead atoms. The van der Waals surface area contributed by atoms with Crippen molar-refractivity contribution in [3.63, 3.8) is 0 Å². The third kappa shape index (κ3) is 4.25. The molecule has 11 rings (SSSR count). The zero-order valence-electron chi connectivity index (χ0n) is 27.5. The van der Waals surface area contributed by atoms with E-state index in [9.17, 15) is 0 Å². The lowest BCUT2D eigenvalue weighted by Gasteiger charge is -2.29. The van der Waals surface area contributed by atoms with Gasteiger partial charge in [0.25, 0.3) is 0 Å². The highest BCUT2D eigenvalue weighted by atomic mass is 16.3. The van der Waals surface area contributed by atoms with Crippen molar-refractivity contribution in [2.45, 2.75) is 0 Å². The molecule has 0 fully saturated rings. The molecule has 0 amide bonds. The Morgan fingerprint density at radius 2 is 0.980 bits per heavy atom. The Morgan fingerprint density at radius 1 is 0.333 bits per heavy atom. The highest BCUT2D eigenvalue weighted by molar-refractivity contribution is 6.20. The number of fused-ring (bicyclic) bond motifs is 10. The molecule has 0 N–H and O–H groups in total. The van der Waals surface area contributed by atoms with Gasteiger partial charge in [-0.1, -0.05) is 121 Å². The van der Waals surface area contributed by atoms with Crippen molar-refractivity contribution in [3.05, 3.63) is 176 Å². The largest absolute Gasteiger partial charge is 0.456 e. The van der Waals surface area contributed by atoms with Crippen LogP contribution < -0.4 is 4.90 Å². The zero-order valence-corrected chi connectivity index (χ0v) is 27.5. The Labute approximate surface area is 293 Å². The summed E-state index contributed by atoms with van der Waals surface area (Å²) in [6, 6.07) is 62.7. The summed E-state index contributed by atoms with van der Waals surface area (Å²) in [6.07, 6.45) is 0. The minimum atomic E-state index is 0.861. The topological polar surface area (TPSA) is 29.5 Å². The monoisotopic (exact) mass is 651 g/mol. The van der Waals surface area contributed by atoms with Crippen LogP contribution in [0.4, 0.5) is 17.1 Å². The fourth-order valence-corrected chi connectivity index (χ4v) is 8.06.